The Bertz CT molecular complexity index is 723. The number of nitrogens with zero attached hydrogens (tertiary/aromatic N) is 3. The predicted molar refractivity (Wildman–Crippen MR) is 91.7 cm³/mol. The average molecular weight is 358 g/mol. The van der Waals surface area contributed by atoms with Gasteiger partial charge in [-0.1, -0.05) is 11.6 Å². The topological polar surface area (TPSA) is 60.9 Å². The molecule has 23 heavy (non-hydrogen) atoms. The first-order valence-electron chi connectivity index (χ1n) is 7.67. The van der Waals surface area contributed by atoms with Crippen LogP contribution in [-0.4, -0.2) is 57.6 Å². The maximum absolute atomic E-state index is 12.6. The molecule has 0 unspecified atom stereocenters. The van der Waals surface area contributed by atoms with Crippen molar-refractivity contribution < 1.29 is 13.2 Å². The third kappa shape index (κ3) is 3.32. The molecule has 8 heteroatoms. The van der Waals surface area contributed by atoms with Gasteiger partial charge in [0.1, 0.15) is 0 Å². The molecule has 1 aromatic rings. The molecule has 2 aliphatic heterocycles. The van der Waals surface area contributed by atoms with E-state index in [4.69, 9.17) is 11.6 Å². The fourth-order valence-corrected chi connectivity index (χ4v) is 4.78. The zero-order valence-corrected chi connectivity index (χ0v) is 14.6. The lowest BCUT2D eigenvalue weighted by molar-refractivity contribution is -0.118. The maximum atomic E-state index is 12.6. The second kappa shape index (κ2) is 6.30. The molecular weight excluding hydrogens is 338 g/mol. The van der Waals surface area contributed by atoms with Crippen molar-refractivity contribution in [2.75, 3.05) is 48.8 Å². The van der Waals surface area contributed by atoms with Gasteiger partial charge in [0.2, 0.25) is 15.9 Å². The van der Waals surface area contributed by atoms with Crippen LogP contribution >= 0.6 is 11.6 Å². The molecule has 0 bridgehead atoms. The molecule has 6 nitrogen and oxygen atoms in total. The van der Waals surface area contributed by atoms with Crippen molar-refractivity contribution in [3.05, 3.63) is 23.2 Å². The summed E-state index contributed by atoms with van der Waals surface area (Å²) in [6.45, 7) is 2.09. The van der Waals surface area contributed by atoms with Crippen LogP contribution in [0.5, 0.6) is 0 Å². The second-order valence-electron chi connectivity index (χ2n) is 5.92. The van der Waals surface area contributed by atoms with Gasteiger partial charge in [0.05, 0.1) is 17.1 Å². The zero-order chi connectivity index (χ0) is 16.6. The molecule has 1 aromatic carbocycles. The summed E-state index contributed by atoms with van der Waals surface area (Å²) in [6.07, 6.45) is 0.832. The Kier molecular flexibility index (Phi) is 4.53. The summed E-state index contributed by atoms with van der Waals surface area (Å²) in [5.41, 5.74) is 1.75. The van der Waals surface area contributed by atoms with Crippen molar-refractivity contribution in [1.29, 1.82) is 0 Å². The summed E-state index contributed by atoms with van der Waals surface area (Å²) < 4.78 is 25.0. The van der Waals surface area contributed by atoms with Crippen LogP contribution in [0, 0.1) is 0 Å². The molecule has 0 aromatic heterocycles. The highest BCUT2D eigenvalue weighted by atomic mass is 35.5. The van der Waals surface area contributed by atoms with Gasteiger partial charge in [0.15, 0.2) is 0 Å². The minimum atomic E-state index is -3.16. The van der Waals surface area contributed by atoms with E-state index in [2.05, 4.69) is 4.90 Å². The Hall–Kier alpha value is -1.31. The number of hydrogen-bond acceptors (Lipinski definition) is 4. The van der Waals surface area contributed by atoms with Crippen LogP contribution in [0.15, 0.2) is 18.2 Å². The van der Waals surface area contributed by atoms with Crippen molar-refractivity contribution in [1.82, 2.24) is 4.31 Å². The van der Waals surface area contributed by atoms with Crippen LogP contribution < -0.4 is 9.80 Å². The van der Waals surface area contributed by atoms with E-state index in [0.29, 0.717) is 24.5 Å². The van der Waals surface area contributed by atoms with E-state index in [1.165, 1.54) is 4.31 Å². The summed E-state index contributed by atoms with van der Waals surface area (Å²) in [5.74, 6) is 0.123. The molecule has 0 spiro atoms. The van der Waals surface area contributed by atoms with Gasteiger partial charge in [0.25, 0.3) is 0 Å². The van der Waals surface area contributed by atoms with Crippen LogP contribution in [0.3, 0.4) is 0 Å². The molecule has 0 aliphatic carbocycles. The number of carbonyl (C=O) groups excluding carboxylic acids is 1. The third-order valence-electron chi connectivity index (χ3n) is 4.38. The minimum Gasteiger partial charge on any atom is -0.371 e. The SMILES string of the molecule is CN1CCN(C(=O)CCN2CCCS2(=O)=O)c2cc(Cl)ccc21. The minimum absolute atomic E-state index is 0.0660. The molecule has 3 rings (SSSR count). The van der Waals surface area contributed by atoms with Crippen LogP contribution in [0.25, 0.3) is 0 Å². The van der Waals surface area contributed by atoms with E-state index >= 15 is 0 Å². The Balaban J connectivity index is 1.73. The lowest BCUT2D eigenvalue weighted by Gasteiger charge is -2.36. The van der Waals surface area contributed by atoms with Crippen molar-refractivity contribution in [3.8, 4) is 0 Å². The Labute approximate surface area is 141 Å². The number of fused-ring (bicyclic) bond motifs is 1. The van der Waals surface area contributed by atoms with E-state index in [0.717, 1.165) is 17.9 Å². The van der Waals surface area contributed by atoms with Gasteiger partial charge >= 0.3 is 0 Å². The van der Waals surface area contributed by atoms with Gasteiger partial charge in [0, 0.05) is 44.7 Å². The molecule has 0 saturated carbocycles. The van der Waals surface area contributed by atoms with Gasteiger partial charge in [-0.3, -0.25) is 4.79 Å². The quantitative estimate of drug-likeness (QED) is 0.823. The number of hydrogen-bond donors (Lipinski definition) is 0. The smallest absolute Gasteiger partial charge is 0.228 e. The normalized spacial score (nSPS) is 20.6. The standard InChI is InChI=1S/C15H20ClN3O3S/c1-17-8-9-19(14-11-12(16)3-4-13(14)17)15(20)5-7-18-6-2-10-23(18,21)22/h3-4,11H,2,5-10H2,1H3. The van der Waals surface area contributed by atoms with Gasteiger partial charge in [-0.25, -0.2) is 12.7 Å². The molecule has 2 aliphatic rings. The summed E-state index contributed by atoms with van der Waals surface area (Å²) in [6, 6.07) is 5.50. The number of halogens is 1. The summed E-state index contributed by atoms with van der Waals surface area (Å²) in [4.78, 5) is 16.4. The van der Waals surface area contributed by atoms with Crippen LogP contribution in [0.2, 0.25) is 5.02 Å². The zero-order valence-electron chi connectivity index (χ0n) is 13.0. The molecular formula is C15H20ClN3O3S. The fourth-order valence-electron chi connectivity index (χ4n) is 3.08. The summed E-state index contributed by atoms with van der Waals surface area (Å²) in [7, 11) is -1.18. The predicted octanol–water partition coefficient (Wildman–Crippen LogP) is 1.55. The largest absolute Gasteiger partial charge is 0.371 e. The second-order valence-corrected chi connectivity index (χ2v) is 8.44. The number of anilines is 2. The van der Waals surface area contributed by atoms with E-state index in [-0.39, 0.29) is 24.6 Å². The van der Waals surface area contributed by atoms with Crippen molar-refractivity contribution in [2.45, 2.75) is 12.8 Å². The first-order chi connectivity index (χ1) is 10.9. The lowest BCUT2D eigenvalue weighted by Crippen LogP contribution is -2.43. The average Bonchev–Trinajstić information content (AvgIpc) is 2.83. The highest BCUT2D eigenvalue weighted by molar-refractivity contribution is 7.89. The van der Waals surface area contributed by atoms with Gasteiger partial charge in [-0.2, -0.15) is 0 Å². The number of likely N-dealkylation sites (N-methyl/N-ethyl adjacent to an activating group) is 1. The highest BCUT2D eigenvalue weighted by Crippen LogP contribution is 2.34. The molecule has 0 atom stereocenters. The van der Waals surface area contributed by atoms with Crippen LogP contribution in [0.1, 0.15) is 12.8 Å². The number of amides is 1. The third-order valence-corrected chi connectivity index (χ3v) is 6.57. The first kappa shape index (κ1) is 16.5. The monoisotopic (exact) mass is 357 g/mol. The molecule has 1 amide bonds. The lowest BCUT2D eigenvalue weighted by atomic mass is 10.1. The van der Waals surface area contributed by atoms with E-state index in [1.54, 1.807) is 11.0 Å². The molecule has 126 valence electrons. The fraction of sp³-hybridized carbons (Fsp3) is 0.533. The maximum Gasteiger partial charge on any atom is 0.228 e. The van der Waals surface area contributed by atoms with E-state index in [9.17, 15) is 13.2 Å². The highest BCUT2D eigenvalue weighted by Gasteiger charge is 2.30. The number of sulfonamides is 1. The number of carbonyl (C=O) groups is 1. The molecule has 0 N–H and O–H groups in total. The number of benzene rings is 1. The van der Waals surface area contributed by atoms with E-state index < -0.39 is 10.0 Å². The number of rotatable bonds is 3. The first-order valence-corrected chi connectivity index (χ1v) is 9.66. The molecule has 1 fully saturated rings. The van der Waals surface area contributed by atoms with Crippen LogP contribution in [-0.2, 0) is 14.8 Å². The molecule has 0 radical (unpaired) electrons. The Morgan fingerprint density at radius 3 is 2.70 bits per heavy atom. The van der Waals surface area contributed by atoms with Crippen LogP contribution in [0.4, 0.5) is 11.4 Å². The Morgan fingerprint density at radius 1 is 1.22 bits per heavy atom. The summed E-state index contributed by atoms with van der Waals surface area (Å²) in [5, 5.41) is 0.582. The van der Waals surface area contributed by atoms with E-state index in [1.807, 2.05) is 19.2 Å². The van der Waals surface area contributed by atoms with Crippen molar-refractivity contribution in [2.24, 2.45) is 0 Å². The summed E-state index contributed by atoms with van der Waals surface area (Å²) >= 11 is 6.07. The van der Waals surface area contributed by atoms with Gasteiger partial charge < -0.3 is 9.80 Å². The molecule has 2 heterocycles. The Morgan fingerprint density at radius 2 is 2.00 bits per heavy atom. The van der Waals surface area contributed by atoms with Gasteiger partial charge in [-0.15, -0.1) is 0 Å². The van der Waals surface area contributed by atoms with Crippen molar-refractivity contribution in [3.63, 3.8) is 0 Å². The van der Waals surface area contributed by atoms with Crippen molar-refractivity contribution >= 4 is 38.9 Å². The molecule has 1 saturated heterocycles. The van der Waals surface area contributed by atoms with Gasteiger partial charge in [-0.05, 0) is 24.6 Å².